The Kier molecular flexibility index (Phi) is 4.65. The maximum absolute atomic E-state index is 10.5. The Morgan fingerprint density at radius 3 is 2.81 bits per heavy atom. The summed E-state index contributed by atoms with van der Waals surface area (Å²) in [6.45, 7) is 0.636. The summed E-state index contributed by atoms with van der Waals surface area (Å²) < 4.78 is 0. The van der Waals surface area contributed by atoms with Crippen LogP contribution in [0.2, 0.25) is 0 Å². The fourth-order valence-corrected chi connectivity index (χ4v) is 1.26. The monoisotopic (exact) mass is 238 g/mol. The average Bonchev–Trinajstić information content (AvgIpc) is 2.24. The minimum atomic E-state index is -0.299. The third-order valence-corrected chi connectivity index (χ3v) is 2.12. The van der Waals surface area contributed by atoms with Crippen molar-refractivity contribution in [1.29, 1.82) is 0 Å². The first-order chi connectivity index (χ1) is 7.59. The quantitative estimate of drug-likeness (QED) is 0.492. The third-order valence-electron chi connectivity index (χ3n) is 1.91. The summed E-state index contributed by atoms with van der Waals surface area (Å²) in [4.78, 5) is 15.0. The van der Waals surface area contributed by atoms with Gasteiger partial charge in [-0.1, -0.05) is 18.3 Å². The van der Waals surface area contributed by atoms with Gasteiger partial charge in [0.1, 0.15) is 10.8 Å². The number of thiocarbonyl (C=S) groups is 1. The van der Waals surface area contributed by atoms with Crippen molar-refractivity contribution in [2.75, 3.05) is 11.9 Å². The number of pyridine rings is 1. The summed E-state index contributed by atoms with van der Waals surface area (Å²) in [5.41, 5.74) is 11.1. The molecule has 0 aliphatic heterocycles. The number of hydrogen-bond donors (Lipinski definition) is 3. The average molecular weight is 238 g/mol. The van der Waals surface area contributed by atoms with Gasteiger partial charge in [-0.15, -0.1) is 0 Å². The van der Waals surface area contributed by atoms with E-state index in [4.69, 9.17) is 23.7 Å². The zero-order chi connectivity index (χ0) is 12.0. The van der Waals surface area contributed by atoms with Crippen LogP contribution in [-0.2, 0) is 4.79 Å². The molecule has 1 aromatic heterocycles. The van der Waals surface area contributed by atoms with Crippen molar-refractivity contribution in [2.24, 2.45) is 11.5 Å². The summed E-state index contributed by atoms with van der Waals surface area (Å²) in [5, 5.41) is 3.06. The van der Waals surface area contributed by atoms with Crippen LogP contribution in [0, 0.1) is 0 Å². The van der Waals surface area contributed by atoms with Gasteiger partial charge in [0.05, 0.1) is 5.69 Å². The van der Waals surface area contributed by atoms with E-state index in [1.54, 1.807) is 6.07 Å². The van der Waals surface area contributed by atoms with Crippen LogP contribution >= 0.6 is 12.2 Å². The van der Waals surface area contributed by atoms with Gasteiger partial charge >= 0.3 is 0 Å². The molecule has 0 aromatic carbocycles. The van der Waals surface area contributed by atoms with E-state index in [9.17, 15) is 4.79 Å². The van der Waals surface area contributed by atoms with Gasteiger partial charge in [-0.3, -0.25) is 4.79 Å². The lowest BCUT2D eigenvalue weighted by Crippen LogP contribution is -2.14. The fourth-order valence-electron chi connectivity index (χ4n) is 1.15. The molecule has 1 amide bonds. The predicted octanol–water partition coefficient (Wildman–Crippen LogP) is 0.393. The molecular formula is C10H14N4OS. The molecule has 1 heterocycles. The minimum absolute atomic E-state index is 0.265. The van der Waals surface area contributed by atoms with Crippen LogP contribution in [0.15, 0.2) is 18.2 Å². The lowest BCUT2D eigenvalue weighted by molar-refractivity contribution is -0.118. The third kappa shape index (κ3) is 4.22. The number of carbonyl (C=O) groups excluding carboxylic acids is 1. The van der Waals surface area contributed by atoms with Gasteiger partial charge in [0.15, 0.2) is 0 Å². The number of hydrogen-bond acceptors (Lipinski definition) is 4. The van der Waals surface area contributed by atoms with E-state index in [-0.39, 0.29) is 10.9 Å². The van der Waals surface area contributed by atoms with E-state index in [2.05, 4.69) is 10.3 Å². The number of amides is 1. The molecule has 0 atom stereocenters. The SMILES string of the molecule is NC(=O)CCCNc1cccc(C(N)=S)n1. The van der Waals surface area contributed by atoms with Gasteiger partial charge < -0.3 is 16.8 Å². The fraction of sp³-hybridized carbons (Fsp3) is 0.300. The predicted molar refractivity (Wildman–Crippen MR) is 67.0 cm³/mol. The van der Waals surface area contributed by atoms with E-state index < -0.39 is 0 Å². The molecule has 5 N–H and O–H groups in total. The second kappa shape index (κ2) is 6.02. The number of aromatic nitrogens is 1. The topological polar surface area (TPSA) is 94.0 Å². The van der Waals surface area contributed by atoms with Crippen molar-refractivity contribution in [3.63, 3.8) is 0 Å². The number of nitrogens with two attached hydrogens (primary N) is 2. The largest absolute Gasteiger partial charge is 0.388 e. The van der Waals surface area contributed by atoms with Crippen LogP contribution in [0.1, 0.15) is 18.5 Å². The molecule has 5 nitrogen and oxygen atoms in total. The van der Waals surface area contributed by atoms with Crippen molar-refractivity contribution in [3.05, 3.63) is 23.9 Å². The van der Waals surface area contributed by atoms with Crippen molar-refractivity contribution in [2.45, 2.75) is 12.8 Å². The Morgan fingerprint density at radius 1 is 1.44 bits per heavy atom. The first kappa shape index (κ1) is 12.4. The Bertz CT molecular complexity index is 394. The maximum atomic E-state index is 10.5. The van der Waals surface area contributed by atoms with Crippen LogP contribution in [0.5, 0.6) is 0 Å². The molecule has 1 aromatic rings. The molecule has 0 saturated carbocycles. The molecule has 16 heavy (non-hydrogen) atoms. The van der Waals surface area contributed by atoms with Crippen LogP contribution in [0.4, 0.5) is 5.82 Å². The van der Waals surface area contributed by atoms with Gasteiger partial charge in [0.25, 0.3) is 0 Å². The van der Waals surface area contributed by atoms with Gasteiger partial charge in [0.2, 0.25) is 5.91 Å². The van der Waals surface area contributed by atoms with E-state index in [0.717, 1.165) is 0 Å². The molecule has 0 unspecified atom stereocenters. The van der Waals surface area contributed by atoms with Crippen molar-refractivity contribution >= 4 is 28.9 Å². The molecule has 0 aliphatic carbocycles. The zero-order valence-corrected chi connectivity index (χ0v) is 9.59. The first-order valence-corrected chi connectivity index (χ1v) is 5.29. The van der Waals surface area contributed by atoms with E-state index in [1.807, 2.05) is 12.1 Å². The standard InChI is InChI=1S/C10H14N4OS/c11-8(15)4-2-6-13-9-5-1-3-7(14-9)10(12)16/h1,3,5H,2,4,6H2,(H2,11,15)(H2,12,16)(H,13,14). The summed E-state index contributed by atoms with van der Waals surface area (Å²) in [6.07, 6.45) is 1.04. The van der Waals surface area contributed by atoms with Crippen molar-refractivity contribution < 1.29 is 4.79 Å². The second-order valence-electron chi connectivity index (χ2n) is 3.27. The maximum Gasteiger partial charge on any atom is 0.217 e. The molecule has 0 radical (unpaired) electrons. The number of nitrogens with zero attached hydrogens (tertiary/aromatic N) is 1. The van der Waals surface area contributed by atoms with Crippen molar-refractivity contribution in [1.82, 2.24) is 4.98 Å². The highest BCUT2D eigenvalue weighted by molar-refractivity contribution is 7.80. The van der Waals surface area contributed by atoms with Crippen LogP contribution in [0.25, 0.3) is 0 Å². The molecule has 1 rings (SSSR count). The number of primary amides is 1. The summed E-state index contributed by atoms with van der Waals surface area (Å²) in [6, 6.07) is 5.38. The van der Waals surface area contributed by atoms with Crippen LogP contribution in [0.3, 0.4) is 0 Å². The van der Waals surface area contributed by atoms with Gasteiger partial charge in [-0.25, -0.2) is 4.98 Å². The van der Waals surface area contributed by atoms with E-state index >= 15 is 0 Å². The number of rotatable bonds is 6. The lowest BCUT2D eigenvalue weighted by atomic mass is 10.3. The Balaban J connectivity index is 2.45. The Hall–Kier alpha value is -1.69. The number of nitrogens with one attached hydrogen (secondary N) is 1. The highest BCUT2D eigenvalue weighted by Crippen LogP contribution is 2.05. The second-order valence-corrected chi connectivity index (χ2v) is 3.71. The molecule has 0 spiro atoms. The molecular weight excluding hydrogens is 224 g/mol. The van der Waals surface area contributed by atoms with E-state index in [0.29, 0.717) is 30.9 Å². The van der Waals surface area contributed by atoms with E-state index in [1.165, 1.54) is 0 Å². The number of anilines is 1. The number of carbonyl (C=O) groups is 1. The smallest absolute Gasteiger partial charge is 0.217 e. The highest BCUT2D eigenvalue weighted by Gasteiger charge is 2.00. The summed E-state index contributed by atoms with van der Waals surface area (Å²) >= 11 is 4.82. The molecule has 0 aliphatic rings. The zero-order valence-electron chi connectivity index (χ0n) is 8.77. The van der Waals surface area contributed by atoms with Gasteiger partial charge in [-0.2, -0.15) is 0 Å². The molecule has 0 saturated heterocycles. The Labute approximate surface area is 99.2 Å². The van der Waals surface area contributed by atoms with Gasteiger partial charge in [0, 0.05) is 13.0 Å². The summed E-state index contributed by atoms with van der Waals surface area (Å²) in [7, 11) is 0. The molecule has 86 valence electrons. The Morgan fingerprint density at radius 2 is 2.19 bits per heavy atom. The molecule has 0 bridgehead atoms. The minimum Gasteiger partial charge on any atom is -0.388 e. The van der Waals surface area contributed by atoms with Crippen LogP contribution in [-0.4, -0.2) is 22.4 Å². The normalized spacial score (nSPS) is 9.75. The summed E-state index contributed by atoms with van der Waals surface area (Å²) in [5.74, 6) is 0.390. The van der Waals surface area contributed by atoms with Crippen LogP contribution < -0.4 is 16.8 Å². The highest BCUT2D eigenvalue weighted by atomic mass is 32.1. The first-order valence-electron chi connectivity index (χ1n) is 4.88. The molecule has 0 fully saturated rings. The van der Waals surface area contributed by atoms with Gasteiger partial charge in [-0.05, 0) is 18.6 Å². The van der Waals surface area contributed by atoms with Crippen molar-refractivity contribution in [3.8, 4) is 0 Å². The lowest BCUT2D eigenvalue weighted by Gasteiger charge is -2.05. The molecule has 6 heteroatoms.